The van der Waals surface area contributed by atoms with E-state index in [2.05, 4.69) is 10.3 Å². The van der Waals surface area contributed by atoms with Crippen LogP contribution in [0.5, 0.6) is 5.75 Å². The van der Waals surface area contributed by atoms with Gasteiger partial charge in [0, 0.05) is 18.3 Å². The third kappa shape index (κ3) is 4.32. The van der Waals surface area contributed by atoms with Crippen LogP contribution >= 0.6 is 0 Å². The zero-order valence-electron chi connectivity index (χ0n) is 17.3. The van der Waals surface area contributed by atoms with Crippen LogP contribution in [0.1, 0.15) is 29.9 Å². The Kier molecular flexibility index (Phi) is 6.15. The number of amides is 1. The molecule has 1 amide bonds. The molecular formula is C22H23N3O5. The van der Waals surface area contributed by atoms with Crippen LogP contribution in [0.25, 0.3) is 11.0 Å². The average molecular weight is 409 g/mol. The number of anilines is 1. The number of esters is 1. The highest BCUT2D eigenvalue weighted by atomic mass is 16.5. The van der Waals surface area contributed by atoms with Crippen LogP contribution in [0.15, 0.2) is 47.3 Å². The topological polar surface area (TPSA) is 99.5 Å². The number of methoxy groups -OCH3 is 1. The number of carbonyl (C=O) groups excluding carboxylic acids is 2. The van der Waals surface area contributed by atoms with Gasteiger partial charge in [-0.15, -0.1) is 0 Å². The lowest BCUT2D eigenvalue weighted by atomic mass is 10.2. The predicted octanol–water partition coefficient (Wildman–Crippen LogP) is 2.92. The number of nitrogens with zero attached hydrogens (tertiary/aromatic N) is 2. The van der Waals surface area contributed by atoms with E-state index in [1.807, 2.05) is 6.92 Å². The number of ether oxygens (including phenoxy) is 2. The minimum Gasteiger partial charge on any atom is -0.497 e. The SMILES string of the molecule is CCn1c(=O)c(C)nc2cc(C(=O)O[C@@H](C)C(=O)Nc3cccc(OC)c3)ccc21. The van der Waals surface area contributed by atoms with Gasteiger partial charge in [-0.3, -0.25) is 9.59 Å². The molecule has 0 aliphatic carbocycles. The molecule has 0 aliphatic heterocycles. The summed E-state index contributed by atoms with van der Waals surface area (Å²) in [6, 6.07) is 11.6. The van der Waals surface area contributed by atoms with Crippen molar-refractivity contribution in [2.75, 3.05) is 12.4 Å². The fraction of sp³-hybridized carbons (Fsp3) is 0.273. The molecular weight excluding hydrogens is 386 g/mol. The molecule has 156 valence electrons. The molecule has 3 rings (SSSR count). The second kappa shape index (κ2) is 8.77. The smallest absolute Gasteiger partial charge is 0.338 e. The zero-order chi connectivity index (χ0) is 21.8. The Bertz CT molecular complexity index is 1170. The molecule has 30 heavy (non-hydrogen) atoms. The van der Waals surface area contributed by atoms with E-state index < -0.39 is 18.0 Å². The summed E-state index contributed by atoms with van der Waals surface area (Å²) >= 11 is 0. The van der Waals surface area contributed by atoms with E-state index in [1.54, 1.807) is 54.0 Å². The number of carbonyl (C=O) groups is 2. The van der Waals surface area contributed by atoms with Crippen molar-refractivity contribution in [2.45, 2.75) is 33.4 Å². The standard InChI is InChI=1S/C22H23N3O5/c1-5-25-19-10-9-15(11-18(19)23-13(2)21(25)27)22(28)30-14(3)20(26)24-16-7-6-8-17(12-16)29-4/h6-12,14H,5H2,1-4H3,(H,24,26)/t14-/m0/s1. The summed E-state index contributed by atoms with van der Waals surface area (Å²) in [7, 11) is 1.53. The Labute approximate surface area is 173 Å². The van der Waals surface area contributed by atoms with Crippen molar-refractivity contribution in [2.24, 2.45) is 0 Å². The van der Waals surface area contributed by atoms with E-state index in [1.165, 1.54) is 14.0 Å². The highest BCUT2D eigenvalue weighted by molar-refractivity contribution is 5.98. The van der Waals surface area contributed by atoms with Crippen molar-refractivity contribution in [1.29, 1.82) is 0 Å². The lowest BCUT2D eigenvalue weighted by Crippen LogP contribution is -2.30. The molecule has 0 saturated heterocycles. The summed E-state index contributed by atoms with van der Waals surface area (Å²) in [5, 5.41) is 2.69. The second-order valence-corrected chi connectivity index (χ2v) is 6.72. The summed E-state index contributed by atoms with van der Waals surface area (Å²) in [4.78, 5) is 41.4. The summed E-state index contributed by atoms with van der Waals surface area (Å²) in [5.41, 5.74) is 2.11. The fourth-order valence-electron chi connectivity index (χ4n) is 3.04. The first-order valence-electron chi connectivity index (χ1n) is 9.51. The largest absolute Gasteiger partial charge is 0.497 e. The first-order chi connectivity index (χ1) is 14.3. The number of rotatable bonds is 6. The van der Waals surface area contributed by atoms with Gasteiger partial charge in [-0.2, -0.15) is 0 Å². The summed E-state index contributed by atoms with van der Waals surface area (Å²) in [6.07, 6.45) is -1.02. The van der Waals surface area contributed by atoms with Crippen LogP contribution in [0.4, 0.5) is 5.69 Å². The maximum absolute atomic E-state index is 12.5. The Balaban J connectivity index is 1.76. The molecule has 3 aromatic rings. The molecule has 0 spiro atoms. The summed E-state index contributed by atoms with van der Waals surface area (Å²) < 4.78 is 12.0. The van der Waals surface area contributed by atoms with Gasteiger partial charge >= 0.3 is 5.97 Å². The molecule has 0 fully saturated rings. The summed E-state index contributed by atoms with van der Waals surface area (Å²) in [5.74, 6) is -0.521. The predicted molar refractivity (Wildman–Crippen MR) is 113 cm³/mol. The van der Waals surface area contributed by atoms with Gasteiger partial charge in [0.25, 0.3) is 11.5 Å². The molecule has 1 atom stereocenters. The third-order valence-corrected chi connectivity index (χ3v) is 4.65. The molecule has 8 heteroatoms. The molecule has 1 N–H and O–H groups in total. The van der Waals surface area contributed by atoms with Gasteiger partial charge in [-0.25, -0.2) is 9.78 Å². The van der Waals surface area contributed by atoms with Crippen molar-refractivity contribution >= 4 is 28.6 Å². The van der Waals surface area contributed by atoms with Crippen molar-refractivity contribution in [3.05, 3.63) is 64.1 Å². The van der Waals surface area contributed by atoms with E-state index in [0.29, 0.717) is 34.7 Å². The minimum absolute atomic E-state index is 0.164. The summed E-state index contributed by atoms with van der Waals surface area (Å²) in [6.45, 7) is 5.48. The van der Waals surface area contributed by atoms with Gasteiger partial charge in [-0.1, -0.05) is 6.07 Å². The van der Waals surface area contributed by atoms with Crippen LogP contribution in [0.2, 0.25) is 0 Å². The van der Waals surface area contributed by atoms with Crippen molar-refractivity contribution < 1.29 is 19.1 Å². The zero-order valence-corrected chi connectivity index (χ0v) is 17.3. The number of fused-ring (bicyclic) bond motifs is 1. The van der Waals surface area contributed by atoms with Gasteiger partial charge in [-0.05, 0) is 51.1 Å². The van der Waals surface area contributed by atoms with Crippen molar-refractivity contribution in [1.82, 2.24) is 9.55 Å². The quantitative estimate of drug-likeness (QED) is 0.629. The van der Waals surface area contributed by atoms with Crippen LogP contribution < -0.4 is 15.6 Å². The Morgan fingerprint density at radius 2 is 1.97 bits per heavy atom. The van der Waals surface area contributed by atoms with E-state index >= 15 is 0 Å². The molecule has 1 aromatic heterocycles. The van der Waals surface area contributed by atoms with Gasteiger partial charge in [0.15, 0.2) is 6.10 Å². The molecule has 1 heterocycles. The Morgan fingerprint density at radius 1 is 1.20 bits per heavy atom. The third-order valence-electron chi connectivity index (χ3n) is 4.65. The average Bonchev–Trinajstić information content (AvgIpc) is 2.74. The molecule has 0 radical (unpaired) electrons. The lowest BCUT2D eigenvalue weighted by molar-refractivity contribution is -0.123. The van der Waals surface area contributed by atoms with Crippen molar-refractivity contribution in [3.63, 3.8) is 0 Å². The molecule has 0 bridgehead atoms. The number of aryl methyl sites for hydroxylation is 2. The monoisotopic (exact) mass is 409 g/mol. The number of aromatic nitrogens is 2. The first kappa shape index (κ1) is 21.0. The second-order valence-electron chi connectivity index (χ2n) is 6.72. The van der Waals surface area contributed by atoms with Crippen LogP contribution in [0, 0.1) is 6.92 Å². The maximum atomic E-state index is 12.5. The highest BCUT2D eigenvalue weighted by Gasteiger charge is 2.20. The van der Waals surface area contributed by atoms with E-state index in [4.69, 9.17) is 9.47 Å². The molecule has 8 nitrogen and oxygen atoms in total. The molecule has 0 unspecified atom stereocenters. The van der Waals surface area contributed by atoms with Crippen LogP contribution in [-0.4, -0.2) is 34.6 Å². The van der Waals surface area contributed by atoms with Gasteiger partial charge < -0.3 is 19.4 Å². The van der Waals surface area contributed by atoms with Gasteiger partial charge in [0.2, 0.25) is 0 Å². The highest BCUT2D eigenvalue weighted by Crippen LogP contribution is 2.18. The van der Waals surface area contributed by atoms with E-state index in [0.717, 1.165) is 0 Å². The minimum atomic E-state index is -1.02. The Morgan fingerprint density at radius 3 is 2.67 bits per heavy atom. The van der Waals surface area contributed by atoms with Gasteiger partial charge in [0.1, 0.15) is 11.4 Å². The van der Waals surface area contributed by atoms with Crippen LogP contribution in [0.3, 0.4) is 0 Å². The lowest BCUT2D eigenvalue weighted by Gasteiger charge is -2.14. The van der Waals surface area contributed by atoms with E-state index in [-0.39, 0.29) is 11.1 Å². The normalized spacial score (nSPS) is 11.7. The van der Waals surface area contributed by atoms with E-state index in [9.17, 15) is 14.4 Å². The van der Waals surface area contributed by atoms with Crippen molar-refractivity contribution in [3.8, 4) is 5.75 Å². The molecule has 0 aliphatic rings. The number of nitrogens with one attached hydrogen (secondary N) is 1. The molecule has 0 saturated carbocycles. The fourth-order valence-corrected chi connectivity index (χ4v) is 3.04. The first-order valence-corrected chi connectivity index (χ1v) is 9.51. The van der Waals surface area contributed by atoms with Crippen LogP contribution in [-0.2, 0) is 16.1 Å². The number of hydrogen-bond donors (Lipinski definition) is 1. The maximum Gasteiger partial charge on any atom is 0.338 e. The Hall–Kier alpha value is -3.68. The number of hydrogen-bond acceptors (Lipinski definition) is 6. The number of benzene rings is 2. The molecule has 2 aromatic carbocycles. The van der Waals surface area contributed by atoms with Gasteiger partial charge in [0.05, 0.1) is 23.7 Å².